The molecule has 0 spiro atoms. The lowest BCUT2D eigenvalue weighted by molar-refractivity contribution is 0.112. The van der Waals surface area contributed by atoms with Crippen LogP contribution in [0.2, 0.25) is 0 Å². The van der Waals surface area contributed by atoms with Crippen molar-refractivity contribution in [2.45, 2.75) is 20.0 Å². The van der Waals surface area contributed by atoms with Crippen LogP contribution in [0.25, 0.3) is 11.1 Å². The molecule has 0 aromatic heterocycles. The Kier molecular flexibility index (Phi) is 4.41. The highest BCUT2D eigenvalue weighted by molar-refractivity contribution is 5.81. The van der Waals surface area contributed by atoms with Crippen molar-refractivity contribution in [1.82, 2.24) is 0 Å². The smallest absolute Gasteiger partial charge is 0.150 e. The lowest BCUT2D eigenvalue weighted by Gasteiger charge is -2.12. The molecule has 0 bridgehead atoms. The van der Waals surface area contributed by atoms with Crippen molar-refractivity contribution in [2.24, 2.45) is 0 Å². The van der Waals surface area contributed by atoms with E-state index in [2.05, 4.69) is 0 Å². The third-order valence-corrected chi connectivity index (χ3v) is 2.90. The van der Waals surface area contributed by atoms with Crippen molar-refractivity contribution >= 4 is 6.29 Å². The first-order valence-electron chi connectivity index (χ1n) is 6.54. The summed E-state index contributed by atoms with van der Waals surface area (Å²) in [7, 11) is 1.62. The molecule has 0 unspecified atom stereocenters. The molecule has 0 heterocycles. The van der Waals surface area contributed by atoms with Crippen molar-refractivity contribution in [2.75, 3.05) is 7.11 Å². The summed E-state index contributed by atoms with van der Waals surface area (Å²) in [4.78, 5) is 10.9. The summed E-state index contributed by atoms with van der Waals surface area (Å²) in [6, 6.07) is 13.1. The van der Waals surface area contributed by atoms with Gasteiger partial charge in [0.2, 0.25) is 0 Å². The Balaban J connectivity index is 2.37. The highest BCUT2D eigenvalue weighted by atomic mass is 16.5. The molecule has 2 aromatic rings. The Bertz CT molecular complexity index is 586. The van der Waals surface area contributed by atoms with Crippen LogP contribution in [-0.4, -0.2) is 19.5 Å². The number of ether oxygens (including phenoxy) is 2. The van der Waals surface area contributed by atoms with Gasteiger partial charge < -0.3 is 9.47 Å². The number of benzene rings is 2. The van der Waals surface area contributed by atoms with Crippen LogP contribution in [0.3, 0.4) is 0 Å². The minimum absolute atomic E-state index is 0.147. The van der Waals surface area contributed by atoms with E-state index in [1.54, 1.807) is 19.2 Å². The van der Waals surface area contributed by atoms with E-state index in [0.717, 1.165) is 28.9 Å². The SMILES string of the molecule is COc1ccc(C=O)cc1-c1ccc(OC(C)C)cc1. The summed E-state index contributed by atoms with van der Waals surface area (Å²) in [5.74, 6) is 1.57. The standard InChI is InChI=1S/C17H18O3/c1-12(2)20-15-7-5-14(6-8-15)16-10-13(11-18)4-9-17(16)19-3/h4-12H,1-3H3. The summed E-state index contributed by atoms with van der Waals surface area (Å²) >= 11 is 0. The predicted molar refractivity (Wildman–Crippen MR) is 79.6 cm³/mol. The molecule has 0 aliphatic heterocycles. The summed E-state index contributed by atoms with van der Waals surface area (Å²) < 4.78 is 11.0. The summed E-state index contributed by atoms with van der Waals surface area (Å²) in [6.07, 6.45) is 0.980. The number of aldehydes is 1. The molecule has 104 valence electrons. The van der Waals surface area contributed by atoms with E-state index >= 15 is 0 Å². The van der Waals surface area contributed by atoms with Gasteiger partial charge >= 0.3 is 0 Å². The second-order valence-corrected chi connectivity index (χ2v) is 4.77. The zero-order valence-corrected chi connectivity index (χ0v) is 11.9. The molecule has 0 saturated carbocycles. The fraction of sp³-hybridized carbons (Fsp3) is 0.235. The Morgan fingerprint density at radius 2 is 1.75 bits per heavy atom. The van der Waals surface area contributed by atoms with Gasteiger partial charge in [0.05, 0.1) is 13.2 Å². The van der Waals surface area contributed by atoms with Gasteiger partial charge in [-0.15, -0.1) is 0 Å². The maximum absolute atomic E-state index is 10.9. The monoisotopic (exact) mass is 270 g/mol. The molecule has 20 heavy (non-hydrogen) atoms. The van der Waals surface area contributed by atoms with E-state index < -0.39 is 0 Å². The fourth-order valence-corrected chi connectivity index (χ4v) is 2.01. The van der Waals surface area contributed by atoms with Gasteiger partial charge in [-0.05, 0) is 49.7 Å². The van der Waals surface area contributed by atoms with Crippen LogP contribution in [-0.2, 0) is 0 Å². The largest absolute Gasteiger partial charge is 0.496 e. The van der Waals surface area contributed by atoms with Gasteiger partial charge in [0.25, 0.3) is 0 Å². The van der Waals surface area contributed by atoms with E-state index in [0.29, 0.717) is 5.56 Å². The van der Waals surface area contributed by atoms with Crippen LogP contribution in [0, 0.1) is 0 Å². The number of rotatable bonds is 5. The van der Waals surface area contributed by atoms with Crippen LogP contribution >= 0.6 is 0 Å². The zero-order valence-electron chi connectivity index (χ0n) is 11.9. The summed E-state index contributed by atoms with van der Waals surface area (Å²) in [5, 5.41) is 0. The highest BCUT2D eigenvalue weighted by Crippen LogP contribution is 2.31. The Morgan fingerprint density at radius 3 is 2.30 bits per heavy atom. The number of carbonyl (C=O) groups is 1. The van der Waals surface area contributed by atoms with Gasteiger partial charge in [0, 0.05) is 11.1 Å². The van der Waals surface area contributed by atoms with Crippen LogP contribution < -0.4 is 9.47 Å². The maximum atomic E-state index is 10.9. The van der Waals surface area contributed by atoms with Gasteiger partial charge in [-0.2, -0.15) is 0 Å². The minimum atomic E-state index is 0.147. The van der Waals surface area contributed by atoms with Gasteiger partial charge in [-0.25, -0.2) is 0 Å². The van der Waals surface area contributed by atoms with E-state index in [-0.39, 0.29) is 6.10 Å². The molecule has 0 saturated heterocycles. The summed E-state index contributed by atoms with van der Waals surface area (Å²) in [6.45, 7) is 3.98. The van der Waals surface area contributed by atoms with E-state index in [1.807, 2.05) is 44.2 Å². The van der Waals surface area contributed by atoms with Crippen LogP contribution in [0.15, 0.2) is 42.5 Å². The third kappa shape index (κ3) is 3.18. The Hall–Kier alpha value is -2.29. The van der Waals surface area contributed by atoms with Crippen molar-refractivity contribution in [3.63, 3.8) is 0 Å². The van der Waals surface area contributed by atoms with Gasteiger partial charge in [-0.3, -0.25) is 4.79 Å². The molecule has 0 aliphatic rings. The van der Waals surface area contributed by atoms with Crippen molar-refractivity contribution in [1.29, 1.82) is 0 Å². The summed E-state index contributed by atoms with van der Waals surface area (Å²) in [5.41, 5.74) is 2.51. The quantitative estimate of drug-likeness (QED) is 0.771. The molecule has 3 heteroatoms. The zero-order chi connectivity index (χ0) is 14.5. The average Bonchev–Trinajstić information content (AvgIpc) is 2.46. The first kappa shape index (κ1) is 14.1. The molecule has 0 atom stereocenters. The molecule has 2 aromatic carbocycles. The van der Waals surface area contributed by atoms with Gasteiger partial charge in [0.15, 0.2) is 0 Å². The molecule has 0 fully saturated rings. The van der Waals surface area contributed by atoms with Gasteiger partial charge in [-0.1, -0.05) is 12.1 Å². The fourth-order valence-electron chi connectivity index (χ4n) is 2.01. The average molecular weight is 270 g/mol. The van der Waals surface area contributed by atoms with E-state index in [1.165, 1.54) is 0 Å². The van der Waals surface area contributed by atoms with Crippen molar-refractivity contribution < 1.29 is 14.3 Å². The minimum Gasteiger partial charge on any atom is -0.496 e. The first-order chi connectivity index (χ1) is 9.63. The second kappa shape index (κ2) is 6.24. The molecule has 0 radical (unpaired) electrons. The maximum Gasteiger partial charge on any atom is 0.150 e. The van der Waals surface area contributed by atoms with Crippen LogP contribution in [0.4, 0.5) is 0 Å². The first-order valence-corrected chi connectivity index (χ1v) is 6.54. The Morgan fingerprint density at radius 1 is 1.05 bits per heavy atom. The van der Waals surface area contributed by atoms with Crippen LogP contribution in [0.1, 0.15) is 24.2 Å². The van der Waals surface area contributed by atoms with Crippen LogP contribution in [0.5, 0.6) is 11.5 Å². The molecular formula is C17H18O3. The van der Waals surface area contributed by atoms with Crippen molar-refractivity contribution in [3.05, 3.63) is 48.0 Å². The topological polar surface area (TPSA) is 35.5 Å². The molecule has 2 rings (SSSR count). The number of hydrogen-bond acceptors (Lipinski definition) is 3. The second-order valence-electron chi connectivity index (χ2n) is 4.77. The van der Waals surface area contributed by atoms with Gasteiger partial charge in [0.1, 0.15) is 17.8 Å². The molecule has 3 nitrogen and oxygen atoms in total. The van der Waals surface area contributed by atoms with E-state index in [4.69, 9.17) is 9.47 Å². The number of hydrogen-bond donors (Lipinski definition) is 0. The predicted octanol–water partition coefficient (Wildman–Crippen LogP) is 3.96. The molecular weight excluding hydrogens is 252 g/mol. The molecule has 0 aliphatic carbocycles. The number of methoxy groups -OCH3 is 1. The normalized spacial score (nSPS) is 10.4. The number of carbonyl (C=O) groups excluding carboxylic acids is 1. The van der Waals surface area contributed by atoms with E-state index in [9.17, 15) is 4.79 Å². The lowest BCUT2D eigenvalue weighted by atomic mass is 10.0. The third-order valence-electron chi connectivity index (χ3n) is 2.90. The van der Waals surface area contributed by atoms with Crippen molar-refractivity contribution in [3.8, 4) is 22.6 Å². The highest BCUT2D eigenvalue weighted by Gasteiger charge is 2.07. The molecule has 0 amide bonds. The Labute approximate surface area is 119 Å². The lowest BCUT2D eigenvalue weighted by Crippen LogP contribution is -2.05. The molecule has 0 N–H and O–H groups in total.